The van der Waals surface area contributed by atoms with Crippen molar-refractivity contribution in [3.8, 4) is 0 Å². The number of nitrogens with zero attached hydrogens (tertiary/aromatic N) is 2. The maximum absolute atomic E-state index is 12.0. The van der Waals surface area contributed by atoms with Crippen molar-refractivity contribution in [2.45, 2.75) is 30.7 Å². The van der Waals surface area contributed by atoms with Gasteiger partial charge in [-0.15, -0.1) is 0 Å². The van der Waals surface area contributed by atoms with Gasteiger partial charge < -0.3 is 10.6 Å². The summed E-state index contributed by atoms with van der Waals surface area (Å²) in [6.07, 6.45) is 4.69. The van der Waals surface area contributed by atoms with Crippen LogP contribution in [0.1, 0.15) is 25.0 Å². The molecule has 1 aliphatic rings. The van der Waals surface area contributed by atoms with Crippen LogP contribution < -0.4 is 10.5 Å². The number of pyridine rings is 1. The molecule has 0 amide bonds. The predicted octanol–water partition coefficient (Wildman–Crippen LogP) is 0.304. The van der Waals surface area contributed by atoms with Gasteiger partial charge in [-0.2, -0.15) is 0 Å². The summed E-state index contributed by atoms with van der Waals surface area (Å²) in [7, 11) is -3.45. The molecule has 1 aromatic rings. The number of rotatable bonds is 7. The Hall–Kier alpha value is -1.02. The van der Waals surface area contributed by atoms with E-state index in [0.717, 1.165) is 26.1 Å². The molecule has 0 spiro atoms. The van der Waals surface area contributed by atoms with E-state index in [-0.39, 0.29) is 4.90 Å². The van der Waals surface area contributed by atoms with Gasteiger partial charge in [-0.25, -0.2) is 13.1 Å². The van der Waals surface area contributed by atoms with E-state index in [1.807, 2.05) is 0 Å². The van der Waals surface area contributed by atoms with Crippen molar-refractivity contribution in [1.29, 1.82) is 0 Å². The Morgan fingerprint density at radius 3 is 2.65 bits per heavy atom. The van der Waals surface area contributed by atoms with Gasteiger partial charge in [0.15, 0.2) is 0 Å². The van der Waals surface area contributed by atoms with Gasteiger partial charge in [-0.3, -0.25) is 4.98 Å². The highest BCUT2D eigenvalue weighted by molar-refractivity contribution is 7.89. The van der Waals surface area contributed by atoms with Gasteiger partial charge in [0.1, 0.15) is 4.90 Å². The first kappa shape index (κ1) is 15.4. The number of sulfonamides is 1. The SMILES string of the molecule is NCc1ccc(S(=O)(=O)NCCCN2CCCC2)cn1. The van der Waals surface area contributed by atoms with Gasteiger partial charge in [0, 0.05) is 19.3 Å². The van der Waals surface area contributed by atoms with Crippen LogP contribution in [0.2, 0.25) is 0 Å². The minimum absolute atomic E-state index is 0.191. The molecule has 0 unspecified atom stereocenters. The molecular formula is C13H22N4O2S. The number of nitrogens with one attached hydrogen (secondary N) is 1. The highest BCUT2D eigenvalue weighted by atomic mass is 32.2. The lowest BCUT2D eigenvalue weighted by molar-refractivity contribution is 0.334. The van der Waals surface area contributed by atoms with E-state index in [9.17, 15) is 8.42 Å². The molecule has 112 valence electrons. The number of aromatic nitrogens is 1. The van der Waals surface area contributed by atoms with Crippen molar-refractivity contribution in [2.24, 2.45) is 5.73 Å². The molecular weight excluding hydrogens is 276 g/mol. The largest absolute Gasteiger partial charge is 0.325 e. The molecule has 1 fully saturated rings. The van der Waals surface area contributed by atoms with Crippen LogP contribution in [0.3, 0.4) is 0 Å². The monoisotopic (exact) mass is 298 g/mol. The molecule has 1 aromatic heterocycles. The van der Waals surface area contributed by atoms with Gasteiger partial charge in [-0.1, -0.05) is 0 Å². The molecule has 2 rings (SSSR count). The van der Waals surface area contributed by atoms with Gasteiger partial charge >= 0.3 is 0 Å². The zero-order chi connectivity index (χ0) is 14.4. The molecule has 3 N–H and O–H groups in total. The minimum Gasteiger partial charge on any atom is -0.325 e. The second kappa shape index (κ2) is 7.12. The molecule has 7 heteroatoms. The number of likely N-dealkylation sites (tertiary alicyclic amines) is 1. The second-order valence-corrected chi connectivity index (χ2v) is 6.76. The number of nitrogens with two attached hydrogens (primary N) is 1. The highest BCUT2D eigenvalue weighted by Crippen LogP contribution is 2.09. The Bertz CT molecular complexity index is 510. The summed E-state index contributed by atoms with van der Waals surface area (Å²) < 4.78 is 26.7. The molecule has 1 aliphatic heterocycles. The zero-order valence-corrected chi connectivity index (χ0v) is 12.4. The molecule has 0 radical (unpaired) electrons. The summed E-state index contributed by atoms with van der Waals surface area (Å²) in [6.45, 7) is 3.99. The van der Waals surface area contributed by atoms with E-state index < -0.39 is 10.0 Å². The summed E-state index contributed by atoms with van der Waals surface area (Å²) in [5, 5.41) is 0. The summed E-state index contributed by atoms with van der Waals surface area (Å²) in [4.78, 5) is 6.56. The maximum Gasteiger partial charge on any atom is 0.242 e. The van der Waals surface area contributed by atoms with Crippen LogP contribution in [0.15, 0.2) is 23.2 Å². The molecule has 1 saturated heterocycles. The quantitative estimate of drug-likeness (QED) is 0.707. The van der Waals surface area contributed by atoms with Crippen molar-refractivity contribution in [3.05, 3.63) is 24.0 Å². The van der Waals surface area contributed by atoms with Crippen molar-refractivity contribution in [1.82, 2.24) is 14.6 Å². The number of hydrogen-bond acceptors (Lipinski definition) is 5. The van der Waals surface area contributed by atoms with Crippen LogP contribution in [0.5, 0.6) is 0 Å². The third kappa shape index (κ3) is 4.24. The van der Waals surface area contributed by atoms with E-state index in [1.54, 1.807) is 6.07 Å². The molecule has 0 atom stereocenters. The van der Waals surface area contributed by atoms with E-state index in [0.29, 0.717) is 18.8 Å². The Balaban J connectivity index is 1.80. The summed E-state index contributed by atoms with van der Waals surface area (Å²) in [5.41, 5.74) is 6.11. The van der Waals surface area contributed by atoms with Crippen LogP contribution in [-0.4, -0.2) is 44.5 Å². The van der Waals surface area contributed by atoms with Gasteiger partial charge in [-0.05, 0) is 51.0 Å². The van der Waals surface area contributed by atoms with E-state index in [1.165, 1.54) is 25.1 Å². The summed E-state index contributed by atoms with van der Waals surface area (Å²) in [5.74, 6) is 0. The number of hydrogen-bond donors (Lipinski definition) is 2. The summed E-state index contributed by atoms with van der Waals surface area (Å²) in [6, 6.07) is 3.18. The lowest BCUT2D eigenvalue weighted by Crippen LogP contribution is -2.28. The van der Waals surface area contributed by atoms with Crippen molar-refractivity contribution in [3.63, 3.8) is 0 Å². The normalized spacial score (nSPS) is 16.6. The molecule has 0 aromatic carbocycles. The Morgan fingerprint density at radius 2 is 2.05 bits per heavy atom. The highest BCUT2D eigenvalue weighted by Gasteiger charge is 2.15. The lowest BCUT2D eigenvalue weighted by atomic mass is 10.4. The third-order valence-electron chi connectivity index (χ3n) is 3.46. The molecule has 2 heterocycles. The van der Waals surface area contributed by atoms with Crippen LogP contribution in [0.25, 0.3) is 0 Å². The average Bonchev–Trinajstić information content (AvgIpc) is 2.97. The Morgan fingerprint density at radius 1 is 1.30 bits per heavy atom. The fourth-order valence-corrected chi connectivity index (χ4v) is 3.31. The minimum atomic E-state index is -3.45. The standard InChI is InChI=1S/C13H22N4O2S/c14-10-12-4-5-13(11-15-12)20(18,19)16-6-3-9-17-7-1-2-8-17/h4-5,11,16H,1-3,6-10,14H2. The van der Waals surface area contributed by atoms with Crippen LogP contribution >= 0.6 is 0 Å². The lowest BCUT2D eigenvalue weighted by Gasteiger charge is -2.14. The first-order valence-electron chi connectivity index (χ1n) is 6.99. The van der Waals surface area contributed by atoms with Crippen LogP contribution in [0.4, 0.5) is 0 Å². The summed E-state index contributed by atoms with van der Waals surface area (Å²) >= 11 is 0. The first-order valence-corrected chi connectivity index (χ1v) is 8.47. The van der Waals surface area contributed by atoms with Crippen LogP contribution in [0, 0.1) is 0 Å². The zero-order valence-electron chi connectivity index (χ0n) is 11.6. The third-order valence-corrected chi connectivity index (χ3v) is 4.91. The second-order valence-electron chi connectivity index (χ2n) is 4.99. The van der Waals surface area contributed by atoms with Gasteiger partial charge in [0.2, 0.25) is 10.0 Å². The topological polar surface area (TPSA) is 88.3 Å². The van der Waals surface area contributed by atoms with Crippen LogP contribution in [-0.2, 0) is 16.6 Å². The predicted molar refractivity (Wildman–Crippen MR) is 77.6 cm³/mol. The van der Waals surface area contributed by atoms with Crippen molar-refractivity contribution >= 4 is 10.0 Å². The fraction of sp³-hybridized carbons (Fsp3) is 0.615. The van der Waals surface area contributed by atoms with E-state index >= 15 is 0 Å². The first-order chi connectivity index (χ1) is 9.62. The maximum atomic E-state index is 12.0. The van der Waals surface area contributed by atoms with Gasteiger partial charge in [0.05, 0.1) is 5.69 Å². The van der Waals surface area contributed by atoms with E-state index in [2.05, 4.69) is 14.6 Å². The van der Waals surface area contributed by atoms with Crippen molar-refractivity contribution in [2.75, 3.05) is 26.2 Å². The molecule has 0 aliphatic carbocycles. The smallest absolute Gasteiger partial charge is 0.242 e. The van der Waals surface area contributed by atoms with E-state index in [4.69, 9.17) is 5.73 Å². The Kier molecular flexibility index (Phi) is 5.47. The molecule has 20 heavy (non-hydrogen) atoms. The van der Waals surface area contributed by atoms with Crippen molar-refractivity contribution < 1.29 is 8.42 Å². The molecule has 6 nitrogen and oxygen atoms in total. The average molecular weight is 298 g/mol. The molecule has 0 bridgehead atoms. The molecule has 0 saturated carbocycles. The van der Waals surface area contributed by atoms with Gasteiger partial charge in [0.25, 0.3) is 0 Å². The fourth-order valence-electron chi connectivity index (χ4n) is 2.29. The Labute approximate surface area is 120 Å².